The first-order chi connectivity index (χ1) is 20.3. The molecule has 4 aromatic rings. The highest BCUT2D eigenvalue weighted by atomic mass is 79.9. The molecular weight excluding hydrogens is 627 g/mol. The van der Waals surface area contributed by atoms with Gasteiger partial charge in [0, 0.05) is 34.1 Å². The summed E-state index contributed by atoms with van der Waals surface area (Å²) in [7, 11) is 0. The van der Waals surface area contributed by atoms with E-state index in [4.69, 9.17) is 4.99 Å². The molecule has 6 rings (SSSR count). The third kappa shape index (κ3) is 5.06. The number of rotatable bonds is 7. The van der Waals surface area contributed by atoms with Gasteiger partial charge in [-0.2, -0.15) is 5.26 Å². The summed E-state index contributed by atoms with van der Waals surface area (Å²) in [6, 6.07) is 18.9. The Hall–Kier alpha value is -3.12. The van der Waals surface area contributed by atoms with Gasteiger partial charge in [0.25, 0.3) is 0 Å². The van der Waals surface area contributed by atoms with Crippen LogP contribution in [0.25, 0.3) is 21.2 Å². The van der Waals surface area contributed by atoms with Crippen molar-refractivity contribution < 1.29 is 4.39 Å². The van der Waals surface area contributed by atoms with Crippen molar-refractivity contribution in [3.8, 4) is 17.2 Å². The molecule has 1 aromatic heterocycles. The van der Waals surface area contributed by atoms with Crippen LogP contribution in [0.2, 0.25) is 0 Å². The van der Waals surface area contributed by atoms with Crippen molar-refractivity contribution in [3.05, 3.63) is 98.2 Å². The van der Waals surface area contributed by atoms with Crippen LogP contribution < -0.4 is 5.32 Å². The number of hydrogen-bond donors (Lipinski definition) is 1. The number of thioether (sulfide) groups is 1. The van der Waals surface area contributed by atoms with Gasteiger partial charge in [0.15, 0.2) is 0 Å². The van der Waals surface area contributed by atoms with Crippen molar-refractivity contribution in [3.63, 3.8) is 0 Å². The van der Waals surface area contributed by atoms with Crippen LogP contribution in [0.4, 0.5) is 9.39 Å². The number of benzene rings is 3. The van der Waals surface area contributed by atoms with Gasteiger partial charge in [-0.25, -0.2) is 9.38 Å². The molecule has 3 heterocycles. The molecule has 214 valence electrons. The molecule has 4 nitrogen and oxygen atoms in total. The summed E-state index contributed by atoms with van der Waals surface area (Å²) in [4.78, 5) is 7.55. The number of aliphatic imine (C=N–C) groups is 1. The molecule has 0 saturated carbocycles. The van der Waals surface area contributed by atoms with Crippen LogP contribution in [0.5, 0.6) is 0 Å². The Morgan fingerprint density at radius 3 is 2.60 bits per heavy atom. The van der Waals surface area contributed by atoms with E-state index in [0.717, 1.165) is 48.7 Å². The Labute approximate surface area is 263 Å². The van der Waals surface area contributed by atoms with Gasteiger partial charge in [0.1, 0.15) is 22.7 Å². The van der Waals surface area contributed by atoms with Gasteiger partial charge in [0.05, 0.1) is 15.3 Å². The molecule has 2 unspecified atom stereocenters. The minimum Gasteiger partial charge on any atom is -0.372 e. The highest BCUT2D eigenvalue weighted by Gasteiger charge is 2.43. The molecule has 8 heteroatoms. The van der Waals surface area contributed by atoms with Gasteiger partial charge in [0.2, 0.25) is 0 Å². The van der Waals surface area contributed by atoms with E-state index in [2.05, 4.69) is 58.7 Å². The van der Waals surface area contributed by atoms with Gasteiger partial charge in [-0.3, -0.25) is 0 Å². The average molecular weight is 660 g/mol. The molecule has 1 N–H and O–H groups in total. The molecule has 0 amide bonds. The first kappa shape index (κ1) is 29.0. The van der Waals surface area contributed by atoms with Gasteiger partial charge >= 0.3 is 0 Å². The summed E-state index contributed by atoms with van der Waals surface area (Å²) in [5, 5.41) is 15.8. The fourth-order valence-corrected chi connectivity index (χ4v) is 8.39. The maximum atomic E-state index is 15.3. The van der Waals surface area contributed by atoms with E-state index < -0.39 is 0 Å². The lowest BCUT2D eigenvalue weighted by molar-refractivity contribution is 0.0417. The third-order valence-corrected chi connectivity index (χ3v) is 11.0. The van der Waals surface area contributed by atoms with Crippen LogP contribution in [0, 0.1) is 31.0 Å². The summed E-state index contributed by atoms with van der Waals surface area (Å²) in [6.45, 7) is 8.98. The Morgan fingerprint density at radius 2 is 1.93 bits per heavy atom. The lowest BCUT2D eigenvalue weighted by Crippen LogP contribution is -2.61. The number of hydrogen-bond acceptors (Lipinski definition) is 5. The van der Waals surface area contributed by atoms with Crippen molar-refractivity contribution in [2.45, 2.75) is 58.2 Å². The highest BCUT2D eigenvalue weighted by Crippen LogP contribution is 2.47. The molecule has 2 aliphatic heterocycles. The summed E-state index contributed by atoms with van der Waals surface area (Å²) in [5.41, 5.74) is 6.67. The fourth-order valence-electron chi connectivity index (χ4n) is 6.40. The number of thiophene rings is 1. The molecule has 2 bridgehead atoms. The van der Waals surface area contributed by atoms with Gasteiger partial charge in [-0.15, -0.1) is 23.1 Å². The monoisotopic (exact) mass is 658 g/mol. The van der Waals surface area contributed by atoms with E-state index in [0.29, 0.717) is 39.3 Å². The van der Waals surface area contributed by atoms with Gasteiger partial charge in [-0.05, 0) is 85.7 Å². The number of nitriles is 1. The minimum absolute atomic E-state index is 0.320. The number of amidine groups is 1. The van der Waals surface area contributed by atoms with E-state index in [1.165, 1.54) is 43.1 Å². The van der Waals surface area contributed by atoms with Crippen molar-refractivity contribution in [1.29, 1.82) is 5.26 Å². The second-order valence-corrected chi connectivity index (χ2v) is 13.8. The summed E-state index contributed by atoms with van der Waals surface area (Å²) >= 11 is 6.76. The lowest BCUT2D eigenvalue weighted by atomic mass is 9.78. The second-order valence-electron chi connectivity index (χ2n) is 11.0. The van der Waals surface area contributed by atoms with Crippen LogP contribution in [0.1, 0.15) is 53.5 Å². The lowest BCUT2D eigenvalue weighted by Gasteiger charge is -2.54. The fraction of sp³-hybridized carbons (Fsp3) is 0.294. The van der Waals surface area contributed by atoms with Crippen molar-refractivity contribution in [2.75, 3.05) is 11.6 Å². The minimum atomic E-state index is -0.320. The van der Waals surface area contributed by atoms with E-state index in [9.17, 15) is 5.26 Å². The largest absolute Gasteiger partial charge is 0.372 e. The highest BCUT2D eigenvalue weighted by molar-refractivity contribution is 9.10. The summed E-state index contributed by atoms with van der Waals surface area (Å²) in [5.74, 6) is 0.674. The molecule has 2 fully saturated rings. The second kappa shape index (κ2) is 11.9. The quantitative estimate of drug-likeness (QED) is 0.159. The predicted octanol–water partition coefficient (Wildman–Crippen LogP) is 9.78. The zero-order valence-corrected chi connectivity index (χ0v) is 27.1. The maximum Gasteiger partial charge on any atom is 0.141 e. The number of fused-ring (bicyclic) bond motifs is 3. The Kier molecular flexibility index (Phi) is 8.19. The van der Waals surface area contributed by atoms with Crippen molar-refractivity contribution >= 4 is 60.0 Å². The zero-order chi connectivity index (χ0) is 29.5. The van der Waals surface area contributed by atoms with Crippen LogP contribution in [0.3, 0.4) is 0 Å². The number of halogens is 2. The van der Waals surface area contributed by atoms with Crippen LogP contribution in [0.15, 0.2) is 69.6 Å². The molecule has 0 radical (unpaired) electrons. The van der Waals surface area contributed by atoms with Crippen LogP contribution >= 0.6 is 39.0 Å². The van der Waals surface area contributed by atoms with Crippen LogP contribution in [-0.4, -0.2) is 29.1 Å². The Morgan fingerprint density at radius 1 is 1.19 bits per heavy atom. The third-order valence-electron chi connectivity index (χ3n) is 8.68. The normalized spacial score (nSPS) is 18.1. The molecule has 2 aliphatic rings. The molecule has 0 aliphatic carbocycles. The molecule has 3 aromatic carbocycles. The molecule has 2 atom stereocenters. The maximum absolute atomic E-state index is 15.3. The molecular formula is C34H32BrFN4S2. The smallest absolute Gasteiger partial charge is 0.141 e. The van der Waals surface area contributed by atoms with E-state index in [-0.39, 0.29) is 5.82 Å². The Bertz CT molecular complexity index is 1760. The number of piperidine rings is 1. The van der Waals surface area contributed by atoms with Crippen LogP contribution in [-0.2, 0) is 6.54 Å². The number of nitrogens with one attached hydrogen (secondary N) is 1. The molecule has 2 saturated heterocycles. The molecule has 42 heavy (non-hydrogen) atoms. The van der Waals surface area contributed by atoms with E-state index >= 15 is 4.39 Å². The summed E-state index contributed by atoms with van der Waals surface area (Å²) < 4.78 is 16.6. The number of anilines is 1. The molecule has 0 spiro atoms. The van der Waals surface area contributed by atoms with Gasteiger partial charge in [-0.1, -0.05) is 58.9 Å². The Balaban J connectivity index is 1.47. The first-order valence-corrected chi connectivity index (χ1v) is 17.0. The predicted molar refractivity (Wildman–Crippen MR) is 180 cm³/mol. The average Bonchev–Trinajstić information content (AvgIpc) is 3.39. The van der Waals surface area contributed by atoms with E-state index in [1.54, 1.807) is 11.8 Å². The van der Waals surface area contributed by atoms with Crippen molar-refractivity contribution in [2.24, 2.45) is 4.99 Å². The SMILES string of the molecule is C=C(N=C(c1cc(Br)c(-c2ccc(F)c3sc(NCc4ccccc4)c(C#N)c23)c(C)c1C)N1C2CCCC1C2)SC. The zero-order valence-electron chi connectivity index (χ0n) is 23.9. The number of nitrogens with zero attached hydrogens (tertiary/aromatic N) is 3. The summed E-state index contributed by atoms with van der Waals surface area (Å²) in [6.07, 6.45) is 6.90. The van der Waals surface area contributed by atoms with Gasteiger partial charge < -0.3 is 10.2 Å². The van der Waals surface area contributed by atoms with Crippen molar-refractivity contribution in [1.82, 2.24) is 4.90 Å². The standard InChI is InChI=1S/C34H32BrFN4S2/c1-19-20(2)30(28(35)16-26(19)33(39-21(3)41-4)40-23-11-8-12-24(40)15-23)25-13-14-29(36)32-31(25)27(17-37)34(42-32)38-18-22-9-6-5-7-10-22/h5-7,9-10,13-14,16,23-24,38H,3,8,11-12,15,18H2,1-2,4H3. The first-order valence-electron chi connectivity index (χ1n) is 14.2. The topological polar surface area (TPSA) is 51.4 Å². The van der Waals surface area contributed by atoms with E-state index in [1.807, 2.05) is 42.7 Å².